The van der Waals surface area contributed by atoms with E-state index in [-0.39, 0.29) is 5.60 Å². The van der Waals surface area contributed by atoms with Crippen molar-refractivity contribution in [3.8, 4) is 0 Å². The van der Waals surface area contributed by atoms with E-state index in [1.165, 1.54) is 12.0 Å². The Morgan fingerprint density at radius 2 is 2.08 bits per heavy atom. The second-order valence-electron chi connectivity index (χ2n) is 7.46. The minimum Gasteiger partial charge on any atom is -0.381 e. The summed E-state index contributed by atoms with van der Waals surface area (Å²) in [7, 11) is 1.81. The lowest BCUT2D eigenvalue weighted by atomic mass is 9.94. The van der Waals surface area contributed by atoms with E-state index in [0.717, 1.165) is 58.1 Å². The molecule has 1 N–H and O–H groups in total. The summed E-state index contributed by atoms with van der Waals surface area (Å²) in [6, 6.07) is 10.8. The Balaban J connectivity index is 1.60. The van der Waals surface area contributed by atoms with Gasteiger partial charge in [-0.3, -0.25) is 4.99 Å². The van der Waals surface area contributed by atoms with Crippen molar-refractivity contribution in [2.75, 3.05) is 46.5 Å². The van der Waals surface area contributed by atoms with Gasteiger partial charge >= 0.3 is 0 Å². The van der Waals surface area contributed by atoms with Gasteiger partial charge in [-0.1, -0.05) is 30.3 Å². The summed E-state index contributed by atoms with van der Waals surface area (Å²) in [6.45, 7) is 7.41. The third kappa shape index (κ3) is 4.98. The Labute approximate surface area is 157 Å². The van der Waals surface area contributed by atoms with E-state index < -0.39 is 0 Å². The molecular formula is C21H33N3O2. The molecular weight excluding hydrogens is 326 g/mol. The molecule has 0 saturated carbocycles. The average molecular weight is 360 g/mol. The van der Waals surface area contributed by atoms with Gasteiger partial charge in [0.25, 0.3) is 0 Å². The Hall–Kier alpha value is -1.59. The van der Waals surface area contributed by atoms with Crippen molar-refractivity contribution in [2.45, 2.75) is 38.2 Å². The number of hydrogen-bond donors (Lipinski definition) is 1. The topological polar surface area (TPSA) is 46.1 Å². The normalized spacial score (nSPS) is 23.2. The number of nitrogens with one attached hydrogen (secondary N) is 1. The van der Waals surface area contributed by atoms with Crippen LogP contribution in [0.4, 0.5) is 0 Å². The summed E-state index contributed by atoms with van der Waals surface area (Å²) in [5.74, 6) is 1.73. The standard InChI is InChI=1S/C21H33N3O2/c1-3-22-20(23-17-21(25-2)10-13-26-14-11-21)24-12-9-19(16-24)15-18-7-5-4-6-8-18/h4-8,19H,3,9-17H2,1-2H3,(H,22,23). The molecule has 3 rings (SSSR count). The fourth-order valence-corrected chi connectivity index (χ4v) is 3.95. The van der Waals surface area contributed by atoms with Crippen molar-refractivity contribution >= 4 is 5.96 Å². The highest BCUT2D eigenvalue weighted by Crippen LogP contribution is 2.25. The van der Waals surface area contributed by atoms with Crippen molar-refractivity contribution in [1.29, 1.82) is 0 Å². The zero-order valence-corrected chi connectivity index (χ0v) is 16.2. The highest BCUT2D eigenvalue weighted by atomic mass is 16.5. The smallest absolute Gasteiger partial charge is 0.194 e. The predicted molar refractivity (Wildman–Crippen MR) is 106 cm³/mol. The third-order valence-electron chi connectivity index (χ3n) is 5.64. The van der Waals surface area contributed by atoms with E-state index in [0.29, 0.717) is 12.5 Å². The molecule has 0 bridgehead atoms. The second kappa shape index (κ2) is 9.38. The van der Waals surface area contributed by atoms with Crippen molar-refractivity contribution in [1.82, 2.24) is 10.2 Å². The number of aliphatic imine (C=N–C) groups is 1. The van der Waals surface area contributed by atoms with Gasteiger partial charge in [-0.15, -0.1) is 0 Å². The highest BCUT2D eigenvalue weighted by Gasteiger charge is 2.33. The van der Waals surface area contributed by atoms with E-state index in [2.05, 4.69) is 47.5 Å². The summed E-state index contributed by atoms with van der Waals surface area (Å²) in [5, 5.41) is 3.48. The first-order valence-corrected chi connectivity index (χ1v) is 9.95. The highest BCUT2D eigenvalue weighted by molar-refractivity contribution is 5.80. The summed E-state index contributed by atoms with van der Waals surface area (Å²) >= 11 is 0. The van der Waals surface area contributed by atoms with Gasteiger partial charge < -0.3 is 19.7 Å². The van der Waals surface area contributed by atoms with Crippen LogP contribution in [-0.2, 0) is 15.9 Å². The first kappa shape index (κ1) is 19.2. The van der Waals surface area contributed by atoms with Crippen LogP contribution in [-0.4, -0.2) is 63.0 Å². The minimum atomic E-state index is -0.165. The maximum absolute atomic E-state index is 5.84. The third-order valence-corrected chi connectivity index (χ3v) is 5.64. The molecule has 5 heteroatoms. The molecule has 2 aliphatic heterocycles. The van der Waals surface area contributed by atoms with Crippen LogP contribution in [0.25, 0.3) is 0 Å². The maximum atomic E-state index is 5.84. The van der Waals surface area contributed by atoms with Crippen molar-refractivity contribution < 1.29 is 9.47 Å². The van der Waals surface area contributed by atoms with Crippen LogP contribution in [0.15, 0.2) is 35.3 Å². The van der Waals surface area contributed by atoms with Crippen molar-refractivity contribution in [2.24, 2.45) is 10.9 Å². The summed E-state index contributed by atoms with van der Waals surface area (Å²) in [4.78, 5) is 7.37. The van der Waals surface area contributed by atoms with Crippen LogP contribution in [0.3, 0.4) is 0 Å². The lowest BCUT2D eigenvalue weighted by Crippen LogP contribution is -2.44. The molecule has 2 heterocycles. The predicted octanol–water partition coefficient (Wildman–Crippen LogP) is 2.71. The molecule has 1 aromatic rings. The molecule has 0 aromatic heterocycles. The van der Waals surface area contributed by atoms with Crippen molar-refractivity contribution in [3.63, 3.8) is 0 Å². The molecule has 0 aliphatic carbocycles. The number of likely N-dealkylation sites (tertiary alicyclic amines) is 1. The molecule has 1 aromatic carbocycles. The first-order valence-electron chi connectivity index (χ1n) is 9.95. The number of benzene rings is 1. The number of nitrogens with zero attached hydrogens (tertiary/aromatic N) is 2. The minimum absolute atomic E-state index is 0.165. The van der Waals surface area contributed by atoms with Crippen LogP contribution < -0.4 is 5.32 Å². The molecule has 0 amide bonds. The first-order chi connectivity index (χ1) is 12.7. The zero-order chi connectivity index (χ0) is 18.2. The van der Waals surface area contributed by atoms with Gasteiger partial charge in [0.15, 0.2) is 5.96 Å². The van der Waals surface area contributed by atoms with E-state index in [4.69, 9.17) is 14.5 Å². The van der Waals surface area contributed by atoms with Crippen LogP contribution in [0.1, 0.15) is 31.7 Å². The number of ether oxygens (including phenoxy) is 2. The van der Waals surface area contributed by atoms with Crippen LogP contribution in [0.5, 0.6) is 0 Å². The largest absolute Gasteiger partial charge is 0.381 e. The molecule has 0 spiro atoms. The van der Waals surface area contributed by atoms with Crippen LogP contribution in [0.2, 0.25) is 0 Å². The van der Waals surface area contributed by atoms with E-state index in [9.17, 15) is 0 Å². The second-order valence-corrected chi connectivity index (χ2v) is 7.46. The van der Waals surface area contributed by atoms with E-state index in [1.807, 2.05) is 0 Å². The zero-order valence-electron chi connectivity index (χ0n) is 16.2. The molecule has 1 unspecified atom stereocenters. The van der Waals surface area contributed by atoms with Gasteiger partial charge in [0.1, 0.15) is 0 Å². The number of methoxy groups -OCH3 is 1. The van der Waals surface area contributed by atoms with Crippen molar-refractivity contribution in [3.05, 3.63) is 35.9 Å². The molecule has 2 saturated heterocycles. The molecule has 2 fully saturated rings. The lowest BCUT2D eigenvalue weighted by Gasteiger charge is -2.35. The summed E-state index contributed by atoms with van der Waals surface area (Å²) < 4.78 is 11.3. The molecule has 5 nitrogen and oxygen atoms in total. The average Bonchev–Trinajstić information content (AvgIpc) is 3.15. The Morgan fingerprint density at radius 1 is 1.31 bits per heavy atom. The monoisotopic (exact) mass is 359 g/mol. The van der Waals surface area contributed by atoms with Gasteiger partial charge in [-0.05, 0) is 31.2 Å². The Bertz CT molecular complexity index is 570. The van der Waals surface area contributed by atoms with Crippen LogP contribution >= 0.6 is 0 Å². The fourth-order valence-electron chi connectivity index (χ4n) is 3.95. The van der Waals surface area contributed by atoms with E-state index >= 15 is 0 Å². The van der Waals surface area contributed by atoms with Gasteiger partial charge in [-0.25, -0.2) is 0 Å². The number of guanidine groups is 1. The maximum Gasteiger partial charge on any atom is 0.194 e. The van der Waals surface area contributed by atoms with E-state index in [1.54, 1.807) is 7.11 Å². The SMILES string of the molecule is CCNC(=NCC1(OC)CCOCC1)N1CCC(Cc2ccccc2)C1. The van der Waals surface area contributed by atoms with Crippen LogP contribution in [0, 0.1) is 5.92 Å². The molecule has 144 valence electrons. The Kier molecular flexibility index (Phi) is 6.92. The van der Waals surface area contributed by atoms with Gasteiger partial charge in [0.2, 0.25) is 0 Å². The molecule has 2 aliphatic rings. The fraction of sp³-hybridized carbons (Fsp3) is 0.667. The summed E-state index contributed by atoms with van der Waals surface area (Å²) in [6.07, 6.45) is 4.21. The number of hydrogen-bond acceptors (Lipinski definition) is 3. The van der Waals surface area contributed by atoms with Gasteiger partial charge in [0.05, 0.1) is 12.1 Å². The molecule has 26 heavy (non-hydrogen) atoms. The number of rotatable bonds is 6. The lowest BCUT2D eigenvalue weighted by molar-refractivity contribution is -0.0829. The molecule has 1 atom stereocenters. The van der Waals surface area contributed by atoms with Gasteiger partial charge in [0, 0.05) is 52.8 Å². The Morgan fingerprint density at radius 3 is 2.77 bits per heavy atom. The molecule has 0 radical (unpaired) electrons. The van der Waals surface area contributed by atoms with Gasteiger partial charge in [-0.2, -0.15) is 0 Å². The quantitative estimate of drug-likeness (QED) is 0.627. The summed E-state index contributed by atoms with van der Waals surface area (Å²) in [5.41, 5.74) is 1.27.